The number of aryl methyl sites for hydroxylation is 1. The van der Waals surface area contributed by atoms with Crippen molar-refractivity contribution >= 4 is 11.7 Å². The monoisotopic (exact) mass is 433 g/mol. The molecular formula is C25H24FN3O3. The number of aromatic hydroxyl groups is 1. The zero-order chi connectivity index (χ0) is 22.1. The standard InChI is InChI=1S/C25H24FN3O3/c26-17-2-7-21(8-3-17)32-22-9-4-18(5-10-22)28-25(31)29-14-19(15-29)27-24-12-1-16-13-20(30)6-11-23(16)24/h2-11,13,19,24,27,30H,1,12,14-15H2,(H,28,31). The first-order valence-corrected chi connectivity index (χ1v) is 10.7. The molecule has 0 spiro atoms. The highest BCUT2D eigenvalue weighted by molar-refractivity contribution is 5.90. The van der Waals surface area contributed by atoms with Gasteiger partial charge in [-0.15, -0.1) is 0 Å². The summed E-state index contributed by atoms with van der Waals surface area (Å²) < 4.78 is 18.7. The van der Waals surface area contributed by atoms with Crippen LogP contribution in [0.25, 0.3) is 0 Å². The molecule has 3 N–H and O–H groups in total. The highest BCUT2D eigenvalue weighted by Crippen LogP contribution is 2.34. The predicted octanol–water partition coefficient (Wildman–Crippen LogP) is 4.82. The molecule has 6 nitrogen and oxygen atoms in total. The second kappa shape index (κ2) is 8.51. The van der Waals surface area contributed by atoms with Crippen LogP contribution in [0.1, 0.15) is 23.6 Å². The molecule has 0 bridgehead atoms. The molecular weight excluding hydrogens is 409 g/mol. The van der Waals surface area contributed by atoms with Crippen LogP contribution in [0.15, 0.2) is 66.7 Å². The second-order valence-electron chi connectivity index (χ2n) is 8.25. The first-order chi connectivity index (χ1) is 15.5. The van der Waals surface area contributed by atoms with E-state index in [1.807, 2.05) is 12.1 Å². The van der Waals surface area contributed by atoms with Crippen molar-refractivity contribution in [3.63, 3.8) is 0 Å². The number of carbonyl (C=O) groups excluding carboxylic acids is 1. The number of anilines is 1. The lowest BCUT2D eigenvalue weighted by atomic mass is 10.0. The molecule has 1 fully saturated rings. The maximum absolute atomic E-state index is 13.0. The van der Waals surface area contributed by atoms with Crippen LogP contribution in [0, 0.1) is 5.82 Å². The molecule has 1 aliphatic carbocycles. The topological polar surface area (TPSA) is 73.8 Å². The van der Waals surface area contributed by atoms with E-state index in [0.717, 1.165) is 12.8 Å². The van der Waals surface area contributed by atoms with E-state index in [2.05, 4.69) is 10.6 Å². The molecule has 7 heteroatoms. The van der Waals surface area contributed by atoms with Crippen LogP contribution in [0.2, 0.25) is 0 Å². The Hall–Kier alpha value is -3.58. The number of phenolic OH excluding ortho intramolecular Hbond substituents is 1. The summed E-state index contributed by atoms with van der Waals surface area (Å²) in [5, 5.41) is 16.2. The number of hydrogen-bond donors (Lipinski definition) is 3. The van der Waals surface area contributed by atoms with Gasteiger partial charge in [-0.2, -0.15) is 0 Å². The Bertz CT molecular complexity index is 1110. The Kier molecular flexibility index (Phi) is 5.41. The molecule has 0 saturated carbocycles. The van der Waals surface area contributed by atoms with Gasteiger partial charge < -0.3 is 25.4 Å². The van der Waals surface area contributed by atoms with E-state index in [4.69, 9.17) is 4.74 Å². The Balaban J connectivity index is 1.09. The summed E-state index contributed by atoms with van der Waals surface area (Å²) in [6.45, 7) is 1.31. The average Bonchev–Trinajstić information content (AvgIpc) is 3.15. The molecule has 5 rings (SSSR count). The third-order valence-corrected chi connectivity index (χ3v) is 5.96. The van der Waals surface area contributed by atoms with Gasteiger partial charge in [0.05, 0.1) is 0 Å². The highest BCUT2D eigenvalue weighted by atomic mass is 19.1. The first kappa shape index (κ1) is 20.3. The van der Waals surface area contributed by atoms with Gasteiger partial charge in [-0.3, -0.25) is 0 Å². The lowest BCUT2D eigenvalue weighted by Gasteiger charge is -2.41. The molecule has 2 aliphatic rings. The van der Waals surface area contributed by atoms with Crippen LogP contribution < -0.4 is 15.4 Å². The largest absolute Gasteiger partial charge is 0.508 e. The number of benzene rings is 3. The van der Waals surface area contributed by atoms with E-state index in [9.17, 15) is 14.3 Å². The summed E-state index contributed by atoms with van der Waals surface area (Å²) in [4.78, 5) is 14.3. The number of fused-ring (bicyclic) bond motifs is 1. The van der Waals surface area contributed by atoms with Gasteiger partial charge in [0.1, 0.15) is 23.1 Å². The predicted molar refractivity (Wildman–Crippen MR) is 120 cm³/mol. The van der Waals surface area contributed by atoms with Crippen LogP contribution in [-0.4, -0.2) is 35.2 Å². The van der Waals surface area contributed by atoms with Crippen molar-refractivity contribution in [3.8, 4) is 17.2 Å². The number of halogens is 1. The molecule has 0 radical (unpaired) electrons. The van der Waals surface area contributed by atoms with Crippen molar-refractivity contribution in [1.82, 2.24) is 10.2 Å². The normalized spacial score (nSPS) is 17.5. The van der Waals surface area contributed by atoms with E-state index >= 15 is 0 Å². The van der Waals surface area contributed by atoms with Gasteiger partial charge >= 0.3 is 6.03 Å². The summed E-state index contributed by atoms with van der Waals surface area (Å²) in [6, 6.07) is 18.8. The van der Waals surface area contributed by atoms with Gasteiger partial charge in [0, 0.05) is 30.9 Å². The SMILES string of the molecule is O=C(Nc1ccc(Oc2ccc(F)cc2)cc1)N1CC(NC2CCc3cc(O)ccc32)C1. The van der Waals surface area contributed by atoms with Crippen molar-refractivity contribution in [1.29, 1.82) is 0 Å². The summed E-state index contributed by atoms with van der Waals surface area (Å²) in [5.74, 6) is 1.15. The second-order valence-corrected chi connectivity index (χ2v) is 8.25. The van der Waals surface area contributed by atoms with E-state index in [-0.39, 0.29) is 23.9 Å². The Morgan fingerprint density at radius 3 is 2.41 bits per heavy atom. The number of likely N-dealkylation sites (tertiary alicyclic amines) is 1. The number of nitrogens with one attached hydrogen (secondary N) is 2. The fraction of sp³-hybridized carbons (Fsp3) is 0.240. The maximum Gasteiger partial charge on any atom is 0.321 e. The molecule has 164 valence electrons. The van der Waals surface area contributed by atoms with Gasteiger partial charge in [0.15, 0.2) is 0 Å². The minimum Gasteiger partial charge on any atom is -0.508 e. The molecule has 1 saturated heterocycles. The van der Waals surface area contributed by atoms with Crippen LogP contribution >= 0.6 is 0 Å². The third kappa shape index (κ3) is 4.38. The van der Waals surface area contributed by atoms with Gasteiger partial charge in [-0.1, -0.05) is 6.07 Å². The maximum atomic E-state index is 13.0. The number of carbonyl (C=O) groups is 1. The number of ether oxygens (including phenoxy) is 1. The summed E-state index contributed by atoms with van der Waals surface area (Å²) >= 11 is 0. The Labute approximate surface area is 185 Å². The highest BCUT2D eigenvalue weighted by Gasteiger charge is 2.34. The minimum absolute atomic E-state index is 0.132. The molecule has 32 heavy (non-hydrogen) atoms. The van der Waals surface area contributed by atoms with Gasteiger partial charge in [0.25, 0.3) is 0 Å². The number of amides is 2. The number of nitrogens with zero attached hydrogens (tertiary/aromatic N) is 1. The van der Waals surface area contributed by atoms with Crippen LogP contribution in [-0.2, 0) is 6.42 Å². The van der Waals surface area contributed by atoms with Crippen molar-refractivity contribution in [2.75, 3.05) is 18.4 Å². The molecule has 1 heterocycles. The Morgan fingerprint density at radius 1 is 1.00 bits per heavy atom. The van der Waals surface area contributed by atoms with Crippen molar-refractivity contribution < 1.29 is 19.0 Å². The van der Waals surface area contributed by atoms with Crippen LogP contribution in [0.4, 0.5) is 14.9 Å². The van der Waals surface area contributed by atoms with E-state index in [1.165, 1.54) is 23.3 Å². The zero-order valence-electron chi connectivity index (χ0n) is 17.4. The molecule has 1 atom stereocenters. The molecule has 0 aromatic heterocycles. The van der Waals surface area contributed by atoms with Crippen LogP contribution in [0.3, 0.4) is 0 Å². The molecule has 1 unspecified atom stereocenters. The Morgan fingerprint density at radius 2 is 1.69 bits per heavy atom. The summed E-state index contributed by atoms with van der Waals surface area (Å²) in [6.07, 6.45) is 1.97. The lowest BCUT2D eigenvalue weighted by Crippen LogP contribution is -2.61. The summed E-state index contributed by atoms with van der Waals surface area (Å²) in [5.41, 5.74) is 3.12. The molecule has 3 aromatic carbocycles. The van der Waals surface area contributed by atoms with E-state index in [0.29, 0.717) is 36.0 Å². The van der Waals surface area contributed by atoms with Crippen molar-refractivity contribution in [3.05, 3.63) is 83.7 Å². The third-order valence-electron chi connectivity index (χ3n) is 5.96. The van der Waals surface area contributed by atoms with Gasteiger partial charge in [0.2, 0.25) is 0 Å². The van der Waals surface area contributed by atoms with Crippen LogP contribution in [0.5, 0.6) is 17.2 Å². The number of hydrogen-bond acceptors (Lipinski definition) is 4. The minimum atomic E-state index is -0.313. The van der Waals surface area contributed by atoms with Crippen molar-refractivity contribution in [2.45, 2.75) is 24.9 Å². The number of rotatable bonds is 5. The zero-order valence-corrected chi connectivity index (χ0v) is 17.4. The molecule has 2 amide bonds. The fourth-order valence-corrected chi connectivity index (χ4v) is 4.26. The summed E-state index contributed by atoms with van der Waals surface area (Å²) in [7, 11) is 0. The van der Waals surface area contributed by atoms with E-state index in [1.54, 1.807) is 47.4 Å². The molecule has 1 aliphatic heterocycles. The number of phenols is 1. The first-order valence-electron chi connectivity index (χ1n) is 10.7. The van der Waals surface area contributed by atoms with Gasteiger partial charge in [-0.25, -0.2) is 9.18 Å². The van der Waals surface area contributed by atoms with Crippen molar-refractivity contribution in [2.24, 2.45) is 0 Å². The lowest BCUT2D eigenvalue weighted by molar-refractivity contribution is 0.142. The average molecular weight is 433 g/mol. The van der Waals surface area contributed by atoms with E-state index < -0.39 is 0 Å². The fourth-order valence-electron chi connectivity index (χ4n) is 4.26. The van der Waals surface area contributed by atoms with Gasteiger partial charge in [-0.05, 0) is 84.6 Å². The number of urea groups is 1. The smallest absolute Gasteiger partial charge is 0.321 e. The molecule has 3 aromatic rings. The quantitative estimate of drug-likeness (QED) is 0.540.